The molecule has 0 radical (unpaired) electrons. The van der Waals surface area contributed by atoms with Gasteiger partial charge in [0, 0.05) is 12.7 Å². The van der Waals surface area contributed by atoms with Crippen LogP contribution in [0.15, 0.2) is 29.2 Å². The lowest BCUT2D eigenvalue weighted by atomic mass is 10.1. The number of hydrogen-bond acceptors (Lipinski definition) is 3. The van der Waals surface area contributed by atoms with Crippen LogP contribution in [0.4, 0.5) is 0 Å². The van der Waals surface area contributed by atoms with Crippen LogP contribution in [-0.2, 0) is 16.3 Å². The summed E-state index contributed by atoms with van der Waals surface area (Å²) < 4.78 is 22.6. The maximum atomic E-state index is 11.3. The molecule has 5 heteroatoms. The van der Waals surface area contributed by atoms with E-state index in [-0.39, 0.29) is 17.2 Å². The number of hydrogen-bond donors (Lipinski definition) is 2. The van der Waals surface area contributed by atoms with E-state index < -0.39 is 9.84 Å². The third kappa shape index (κ3) is 2.56. The molecule has 0 unspecified atom stereocenters. The first-order valence-corrected chi connectivity index (χ1v) is 5.91. The molecular weight excluding hydrogens is 200 g/mol. The van der Waals surface area contributed by atoms with Crippen LogP contribution in [0.25, 0.3) is 0 Å². The van der Waals surface area contributed by atoms with Gasteiger partial charge in [0.25, 0.3) is 0 Å². The molecule has 76 valence electrons. The number of rotatable bonds is 3. The Morgan fingerprint density at radius 2 is 2.00 bits per heavy atom. The molecule has 4 nitrogen and oxygen atoms in total. The highest BCUT2D eigenvalue weighted by molar-refractivity contribution is 7.90. The van der Waals surface area contributed by atoms with Crippen LogP contribution in [0.2, 0.25) is 0 Å². The summed E-state index contributed by atoms with van der Waals surface area (Å²) in [4.78, 5) is 0.246. The minimum Gasteiger partial charge on any atom is -0.387 e. The molecule has 0 bridgehead atoms. The van der Waals surface area contributed by atoms with Crippen LogP contribution < -0.4 is 5.73 Å². The molecule has 0 atom stereocenters. The van der Waals surface area contributed by atoms with Crippen LogP contribution in [0.5, 0.6) is 0 Å². The summed E-state index contributed by atoms with van der Waals surface area (Å²) in [6.07, 6.45) is 1.31. The van der Waals surface area contributed by atoms with E-state index in [4.69, 9.17) is 11.1 Å². The SMILES string of the molecule is CS(=O)(=O)c1ccccc1CC(=N)N. The second-order valence-corrected chi connectivity index (χ2v) is 5.07. The molecule has 0 heterocycles. The summed E-state index contributed by atoms with van der Waals surface area (Å²) in [5.74, 6) is -0.0406. The quantitative estimate of drug-likeness (QED) is 0.567. The predicted octanol–water partition coefficient (Wildman–Crippen LogP) is 0.569. The maximum absolute atomic E-state index is 11.3. The van der Waals surface area contributed by atoms with Crippen molar-refractivity contribution in [2.75, 3.05) is 6.26 Å². The highest BCUT2D eigenvalue weighted by Gasteiger charge is 2.12. The van der Waals surface area contributed by atoms with Crippen LogP contribution in [-0.4, -0.2) is 20.5 Å². The minimum atomic E-state index is -3.23. The molecule has 0 aromatic heterocycles. The minimum absolute atomic E-state index is 0.0406. The highest BCUT2D eigenvalue weighted by atomic mass is 32.2. The first kappa shape index (κ1) is 10.7. The fourth-order valence-corrected chi connectivity index (χ4v) is 2.16. The van der Waals surface area contributed by atoms with Gasteiger partial charge in [-0.1, -0.05) is 18.2 Å². The Bertz CT molecular complexity index is 452. The Morgan fingerprint density at radius 1 is 1.43 bits per heavy atom. The molecule has 0 aliphatic rings. The highest BCUT2D eigenvalue weighted by Crippen LogP contribution is 2.15. The van der Waals surface area contributed by atoms with E-state index >= 15 is 0 Å². The summed E-state index contributed by atoms with van der Waals surface area (Å²) in [6.45, 7) is 0. The van der Waals surface area contributed by atoms with Crippen LogP contribution in [0, 0.1) is 5.41 Å². The van der Waals surface area contributed by atoms with Crippen LogP contribution in [0.1, 0.15) is 5.56 Å². The average Bonchev–Trinajstić information content (AvgIpc) is 2.01. The third-order valence-electron chi connectivity index (χ3n) is 1.75. The van der Waals surface area contributed by atoms with Gasteiger partial charge in [0.2, 0.25) is 0 Å². The summed E-state index contributed by atoms with van der Waals surface area (Å²) in [7, 11) is -3.23. The molecule has 0 saturated heterocycles. The second kappa shape index (κ2) is 3.79. The van der Waals surface area contributed by atoms with E-state index in [1.807, 2.05) is 0 Å². The van der Waals surface area contributed by atoms with Gasteiger partial charge >= 0.3 is 0 Å². The fourth-order valence-electron chi connectivity index (χ4n) is 1.22. The van der Waals surface area contributed by atoms with Crippen molar-refractivity contribution in [3.8, 4) is 0 Å². The zero-order valence-corrected chi connectivity index (χ0v) is 8.64. The number of nitrogens with one attached hydrogen (secondary N) is 1. The number of benzene rings is 1. The Balaban J connectivity index is 3.23. The van der Waals surface area contributed by atoms with Gasteiger partial charge in [-0.2, -0.15) is 0 Å². The van der Waals surface area contributed by atoms with Crippen LogP contribution >= 0.6 is 0 Å². The zero-order chi connectivity index (χ0) is 10.8. The van der Waals surface area contributed by atoms with Crippen molar-refractivity contribution in [1.29, 1.82) is 5.41 Å². The lowest BCUT2D eigenvalue weighted by Crippen LogP contribution is -2.15. The molecule has 1 aromatic carbocycles. The molecule has 0 aliphatic heterocycles. The van der Waals surface area contributed by atoms with E-state index in [0.29, 0.717) is 5.56 Å². The summed E-state index contributed by atoms with van der Waals surface area (Å²) >= 11 is 0. The Kier molecular flexibility index (Phi) is 2.90. The van der Waals surface area contributed by atoms with Crippen molar-refractivity contribution in [1.82, 2.24) is 0 Å². The van der Waals surface area contributed by atoms with Gasteiger partial charge in [-0.15, -0.1) is 0 Å². The van der Waals surface area contributed by atoms with E-state index in [1.165, 1.54) is 6.07 Å². The molecule has 0 aliphatic carbocycles. The summed E-state index contributed by atoms with van der Waals surface area (Å²) in [6, 6.07) is 6.57. The number of sulfone groups is 1. The van der Waals surface area contributed by atoms with Gasteiger partial charge in [0.15, 0.2) is 9.84 Å². The Morgan fingerprint density at radius 3 is 2.50 bits per heavy atom. The topological polar surface area (TPSA) is 84.0 Å². The molecule has 0 saturated carbocycles. The van der Waals surface area contributed by atoms with Gasteiger partial charge in [0.1, 0.15) is 0 Å². The van der Waals surface area contributed by atoms with Crippen molar-refractivity contribution >= 4 is 15.7 Å². The molecular formula is C9H12N2O2S. The van der Waals surface area contributed by atoms with Gasteiger partial charge in [0.05, 0.1) is 10.7 Å². The molecule has 0 fully saturated rings. The summed E-state index contributed by atoms with van der Waals surface area (Å²) in [5, 5.41) is 7.12. The zero-order valence-electron chi connectivity index (χ0n) is 7.82. The number of amidine groups is 1. The molecule has 3 N–H and O–H groups in total. The smallest absolute Gasteiger partial charge is 0.175 e. The van der Waals surface area contributed by atoms with Gasteiger partial charge in [-0.3, -0.25) is 5.41 Å². The van der Waals surface area contributed by atoms with Crippen molar-refractivity contribution in [2.45, 2.75) is 11.3 Å². The normalized spacial score (nSPS) is 11.2. The first-order valence-electron chi connectivity index (χ1n) is 4.02. The number of nitrogens with two attached hydrogens (primary N) is 1. The monoisotopic (exact) mass is 212 g/mol. The largest absolute Gasteiger partial charge is 0.387 e. The lowest BCUT2D eigenvalue weighted by Gasteiger charge is -2.05. The Labute approximate surface area is 83.2 Å². The fraction of sp³-hybridized carbons (Fsp3) is 0.222. The van der Waals surface area contributed by atoms with E-state index in [2.05, 4.69) is 0 Å². The third-order valence-corrected chi connectivity index (χ3v) is 2.95. The van der Waals surface area contributed by atoms with Crippen LogP contribution in [0.3, 0.4) is 0 Å². The van der Waals surface area contributed by atoms with Gasteiger partial charge < -0.3 is 5.73 Å². The molecule has 1 rings (SSSR count). The standard InChI is InChI=1S/C9H12N2O2S/c1-14(12,13)8-5-3-2-4-7(8)6-9(10)11/h2-5H,6H2,1H3,(H3,10,11). The van der Waals surface area contributed by atoms with Crippen molar-refractivity contribution in [3.63, 3.8) is 0 Å². The van der Waals surface area contributed by atoms with Gasteiger partial charge in [-0.05, 0) is 11.6 Å². The van der Waals surface area contributed by atoms with Crippen molar-refractivity contribution < 1.29 is 8.42 Å². The Hall–Kier alpha value is -1.36. The van der Waals surface area contributed by atoms with E-state index in [9.17, 15) is 8.42 Å². The molecule has 0 spiro atoms. The lowest BCUT2D eigenvalue weighted by molar-refractivity contribution is 0.601. The summed E-state index contributed by atoms with van der Waals surface area (Å²) in [5.41, 5.74) is 5.80. The van der Waals surface area contributed by atoms with Crippen molar-refractivity contribution in [3.05, 3.63) is 29.8 Å². The van der Waals surface area contributed by atoms with Gasteiger partial charge in [-0.25, -0.2) is 8.42 Å². The van der Waals surface area contributed by atoms with E-state index in [0.717, 1.165) is 6.26 Å². The van der Waals surface area contributed by atoms with Crippen molar-refractivity contribution in [2.24, 2.45) is 5.73 Å². The maximum Gasteiger partial charge on any atom is 0.175 e. The predicted molar refractivity (Wildman–Crippen MR) is 55.2 cm³/mol. The molecule has 1 aromatic rings. The molecule has 14 heavy (non-hydrogen) atoms. The average molecular weight is 212 g/mol. The second-order valence-electron chi connectivity index (χ2n) is 3.08. The first-order chi connectivity index (χ1) is 6.41. The van der Waals surface area contributed by atoms with E-state index in [1.54, 1.807) is 18.2 Å². The molecule has 0 amide bonds.